The molecule has 1 unspecified atom stereocenters. The van der Waals surface area contributed by atoms with Crippen LogP contribution in [0.1, 0.15) is 24.2 Å². The highest BCUT2D eigenvalue weighted by molar-refractivity contribution is 5.96. The van der Waals surface area contributed by atoms with Gasteiger partial charge in [0.05, 0.1) is 0 Å². The van der Waals surface area contributed by atoms with E-state index >= 15 is 0 Å². The van der Waals surface area contributed by atoms with E-state index in [9.17, 15) is 9.59 Å². The van der Waals surface area contributed by atoms with Crippen LogP contribution in [-0.2, 0) is 4.79 Å². The Balaban J connectivity index is 1.55. The van der Waals surface area contributed by atoms with Crippen molar-refractivity contribution in [1.29, 1.82) is 0 Å². The molecule has 0 bridgehead atoms. The van der Waals surface area contributed by atoms with E-state index in [2.05, 4.69) is 5.32 Å². The molecular formula is C23H21NO4. The third kappa shape index (κ3) is 5.20. The van der Waals surface area contributed by atoms with Gasteiger partial charge in [0, 0.05) is 11.3 Å². The maximum atomic E-state index is 12.3. The molecule has 0 aliphatic heterocycles. The second-order valence-corrected chi connectivity index (χ2v) is 6.27. The average molecular weight is 375 g/mol. The van der Waals surface area contributed by atoms with Gasteiger partial charge in [-0.1, -0.05) is 18.2 Å². The Hall–Kier alpha value is -3.60. The third-order valence-electron chi connectivity index (χ3n) is 4.04. The van der Waals surface area contributed by atoms with Gasteiger partial charge in [0.1, 0.15) is 17.2 Å². The van der Waals surface area contributed by atoms with E-state index in [-0.39, 0.29) is 11.7 Å². The maximum absolute atomic E-state index is 12.3. The molecule has 0 aliphatic carbocycles. The number of hydrogen-bond donors (Lipinski definition) is 1. The van der Waals surface area contributed by atoms with Gasteiger partial charge in [-0.2, -0.15) is 0 Å². The fraction of sp³-hybridized carbons (Fsp3) is 0.130. The summed E-state index contributed by atoms with van der Waals surface area (Å²) in [6.07, 6.45) is -0.687. The molecule has 0 aliphatic rings. The maximum Gasteiger partial charge on any atom is 0.265 e. The highest BCUT2D eigenvalue weighted by Crippen LogP contribution is 2.24. The number of para-hydroxylation sites is 1. The lowest BCUT2D eigenvalue weighted by Gasteiger charge is -2.15. The lowest BCUT2D eigenvalue weighted by molar-refractivity contribution is -0.122. The van der Waals surface area contributed by atoms with E-state index in [1.807, 2.05) is 30.3 Å². The van der Waals surface area contributed by atoms with E-state index in [1.54, 1.807) is 55.5 Å². The first-order valence-electron chi connectivity index (χ1n) is 8.93. The third-order valence-corrected chi connectivity index (χ3v) is 4.04. The number of hydrogen-bond acceptors (Lipinski definition) is 4. The lowest BCUT2D eigenvalue weighted by Crippen LogP contribution is -2.30. The number of rotatable bonds is 7. The van der Waals surface area contributed by atoms with Gasteiger partial charge < -0.3 is 14.8 Å². The molecule has 0 fully saturated rings. The Labute approximate surface area is 163 Å². The molecule has 28 heavy (non-hydrogen) atoms. The molecule has 0 heterocycles. The Bertz CT molecular complexity index is 935. The van der Waals surface area contributed by atoms with Gasteiger partial charge in [-0.25, -0.2) is 0 Å². The quantitative estimate of drug-likeness (QED) is 0.584. The summed E-state index contributed by atoms with van der Waals surface area (Å²) < 4.78 is 11.4. The summed E-state index contributed by atoms with van der Waals surface area (Å²) in [5.41, 5.74) is 1.21. The molecule has 0 spiro atoms. The summed E-state index contributed by atoms with van der Waals surface area (Å²) in [7, 11) is 0. The van der Waals surface area contributed by atoms with Crippen molar-refractivity contribution in [2.24, 2.45) is 0 Å². The van der Waals surface area contributed by atoms with Crippen LogP contribution in [0.15, 0.2) is 78.9 Å². The number of benzene rings is 3. The predicted octanol–water partition coefficient (Wildman–Crippen LogP) is 5.09. The summed E-state index contributed by atoms with van der Waals surface area (Å²) in [5.74, 6) is 1.70. The number of amides is 1. The summed E-state index contributed by atoms with van der Waals surface area (Å²) in [5, 5.41) is 2.77. The van der Waals surface area contributed by atoms with E-state index in [1.165, 1.54) is 6.92 Å². The van der Waals surface area contributed by atoms with Gasteiger partial charge in [-0.05, 0) is 74.5 Å². The molecule has 142 valence electrons. The summed E-state index contributed by atoms with van der Waals surface area (Å²) in [6.45, 7) is 3.17. The Morgan fingerprint density at radius 2 is 1.36 bits per heavy atom. The monoisotopic (exact) mass is 375 g/mol. The van der Waals surface area contributed by atoms with Crippen LogP contribution in [0.2, 0.25) is 0 Å². The van der Waals surface area contributed by atoms with E-state index in [4.69, 9.17) is 9.47 Å². The number of carbonyl (C=O) groups excluding carboxylic acids is 2. The lowest BCUT2D eigenvalue weighted by atomic mass is 10.1. The summed E-state index contributed by atoms with van der Waals surface area (Å²) >= 11 is 0. The molecule has 0 saturated heterocycles. The Morgan fingerprint density at radius 1 is 0.786 bits per heavy atom. The number of Topliss-reactive ketones (excluding diaryl/α,β-unsaturated/α-hetero) is 1. The molecule has 1 amide bonds. The first-order valence-corrected chi connectivity index (χ1v) is 8.93. The predicted molar refractivity (Wildman–Crippen MR) is 108 cm³/mol. The van der Waals surface area contributed by atoms with E-state index in [0.717, 1.165) is 5.75 Å². The van der Waals surface area contributed by atoms with Gasteiger partial charge in [0.25, 0.3) is 5.91 Å². The normalized spacial score (nSPS) is 11.4. The molecule has 1 N–H and O–H groups in total. The SMILES string of the molecule is CC(=O)c1ccc(NC(=O)C(C)Oc2ccc(Oc3ccccc3)cc2)cc1. The topological polar surface area (TPSA) is 64.6 Å². The smallest absolute Gasteiger partial charge is 0.265 e. The zero-order valence-corrected chi connectivity index (χ0v) is 15.7. The zero-order valence-electron chi connectivity index (χ0n) is 15.7. The van der Waals surface area contributed by atoms with Crippen LogP contribution >= 0.6 is 0 Å². The fourth-order valence-electron chi connectivity index (χ4n) is 2.50. The highest BCUT2D eigenvalue weighted by atomic mass is 16.5. The highest BCUT2D eigenvalue weighted by Gasteiger charge is 2.15. The fourth-order valence-corrected chi connectivity index (χ4v) is 2.50. The average Bonchev–Trinajstić information content (AvgIpc) is 2.70. The van der Waals surface area contributed by atoms with Crippen molar-refractivity contribution in [3.63, 3.8) is 0 Å². The Morgan fingerprint density at radius 3 is 1.96 bits per heavy atom. The standard InChI is InChI=1S/C23H21NO4/c1-16(25)18-8-10-19(11-9-18)24-23(26)17(2)27-21-12-14-22(15-13-21)28-20-6-4-3-5-7-20/h3-15,17H,1-2H3,(H,24,26). The minimum Gasteiger partial charge on any atom is -0.481 e. The number of anilines is 1. The minimum atomic E-state index is -0.687. The van der Waals surface area contributed by atoms with Crippen molar-refractivity contribution in [3.8, 4) is 17.2 Å². The van der Waals surface area contributed by atoms with Crippen LogP contribution in [0.5, 0.6) is 17.2 Å². The van der Waals surface area contributed by atoms with Crippen molar-refractivity contribution >= 4 is 17.4 Å². The first-order chi connectivity index (χ1) is 13.5. The molecule has 3 aromatic carbocycles. The zero-order chi connectivity index (χ0) is 19.9. The van der Waals surface area contributed by atoms with Gasteiger partial charge >= 0.3 is 0 Å². The molecule has 1 atom stereocenters. The van der Waals surface area contributed by atoms with E-state index in [0.29, 0.717) is 22.7 Å². The number of ether oxygens (including phenoxy) is 2. The van der Waals surface area contributed by atoms with Gasteiger partial charge in [-0.3, -0.25) is 9.59 Å². The molecule has 3 rings (SSSR count). The van der Waals surface area contributed by atoms with Crippen LogP contribution in [0.4, 0.5) is 5.69 Å². The molecule has 0 saturated carbocycles. The number of carbonyl (C=O) groups is 2. The van der Waals surface area contributed by atoms with Crippen molar-refractivity contribution in [3.05, 3.63) is 84.4 Å². The van der Waals surface area contributed by atoms with Crippen LogP contribution < -0.4 is 14.8 Å². The largest absolute Gasteiger partial charge is 0.481 e. The molecule has 5 nitrogen and oxygen atoms in total. The van der Waals surface area contributed by atoms with Crippen molar-refractivity contribution in [2.45, 2.75) is 20.0 Å². The molecule has 5 heteroatoms. The first kappa shape index (κ1) is 19.2. The van der Waals surface area contributed by atoms with E-state index < -0.39 is 6.10 Å². The molecular weight excluding hydrogens is 354 g/mol. The molecule has 3 aromatic rings. The van der Waals surface area contributed by atoms with Gasteiger partial charge in [-0.15, -0.1) is 0 Å². The van der Waals surface area contributed by atoms with Crippen molar-refractivity contribution in [1.82, 2.24) is 0 Å². The molecule has 0 aromatic heterocycles. The Kier molecular flexibility index (Phi) is 6.07. The number of ketones is 1. The second kappa shape index (κ2) is 8.86. The van der Waals surface area contributed by atoms with Crippen molar-refractivity contribution in [2.75, 3.05) is 5.32 Å². The van der Waals surface area contributed by atoms with Crippen LogP contribution in [0, 0.1) is 0 Å². The second-order valence-electron chi connectivity index (χ2n) is 6.27. The van der Waals surface area contributed by atoms with Crippen LogP contribution in [-0.4, -0.2) is 17.8 Å². The van der Waals surface area contributed by atoms with Gasteiger partial charge in [0.15, 0.2) is 11.9 Å². The van der Waals surface area contributed by atoms with Crippen LogP contribution in [0.3, 0.4) is 0 Å². The summed E-state index contributed by atoms with van der Waals surface area (Å²) in [4.78, 5) is 23.6. The number of nitrogens with one attached hydrogen (secondary N) is 1. The summed E-state index contributed by atoms with van der Waals surface area (Å²) in [6, 6.07) is 23.3. The molecule has 0 radical (unpaired) electrons. The van der Waals surface area contributed by atoms with Crippen LogP contribution in [0.25, 0.3) is 0 Å². The van der Waals surface area contributed by atoms with Crippen molar-refractivity contribution < 1.29 is 19.1 Å². The van der Waals surface area contributed by atoms with Gasteiger partial charge in [0.2, 0.25) is 0 Å². The minimum absolute atomic E-state index is 0.0192.